The molecule has 0 spiro atoms. The van der Waals surface area contributed by atoms with E-state index in [0.717, 1.165) is 13.1 Å². The quantitative estimate of drug-likeness (QED) is 0.553. The summed E-state index contributed by atoms with van der Waals surface area (Å²) < 4.78 is 36.0. The van der Waals surface area contributed by atoms with Crippen molar-refractivity contribution in [3.8, 4) is 0 Å². The number of hydrazone groups is 1. The average Bonchev–Trinajstić information content (AvgIpc) is 2.13. The summed E-state index contributed by atoms with van der Waals surface area (Å²) in [6.07, 6.45) is -3.30. The molecule has 0 fully saturated rings. The van der Waals surface area contributed by atoms with Crippen molar-refractivity contribution >= 4 is 6.21 Å². The molecule has 0 aromatic heterocycles. The number of hydrogen-bond acceptors (Lipinski definition) is 2. The molecule has 0 saturated heterocycles. The van der Waals surface area contributed by atoms with Crippen LogP contribution in [0, 0.1) is 5.41 Å². The lowest BCUT2D eigenvalue weighted by Crippen LogP contribution is -2.39. The Hall–Kier alpha value is -0.740. The van der Waals surface area contributed by atoms with Crippen LogP contribution >= 0.6 is 0 Å². The van der Waals surface area contributed by atoms with Crippen molar-refractivity contribution in [3.05, 3.63) is 0 Å². The number of halogens is 3. The fourth-order valence-corrected chi connectivity index (χ4v) is 0.617. The number of hydrogen-bond donors (Lipinski definition) is 1. The fraction of sp³-hybridized carbons (Fsp3) is 0.800. The van der Waals surface area contributed by atoms with E-state index in [2.05, 4.69) is 10.5 Å². The fourth-order valence-electron chi connectivity index (χ4n) is 0.617. The Morgan fingerprint density at radius 2 is 2.20 bits per heavy atom. The maximum atomic E-state index is 12.0. The van der Waals surface area contributed by atoms with E-state index in [4.69, 9.17) is 0 Å². The van der Waals surface area contributed by atoms with E-state index in [1.54, 1.807) is 0 Å². The molecule has 1 atom stereocenters. The molecule has 1 aliphatic heterocycles. The van der Waals surface area contributed by atoms with Crippen LogP contribution in [-0.4, -0.2) is 18.9 Å². The van der Waals surface area contributed by atoms with Crippen molar-refractivity contribution in [1.29, 1.82) is 0 Å². The lowest BCUT2D eigenvalue weighted by molar-refractivity contribution is -0.186. The molecular weight excluding hydrogens is 145 g/mol. The number of alkyl halides is 3. The molecule has 0 saturated carbocycles. The number of nitrogens with zero attached hydrogens (tertiary/aromatic N) is 1. The molecule has 0 amide bonds. The second-order valence-corrected chi connectivity index (χ2v) is 2.51. The second kappa shape index (κ2) is 1.87. The Bertz CT molecular complexity index is 163. The predicted octanol–water partition coefficient (Wildman–Crippen LogP) is 1.14. The van der Waals surface area contributed by atoms with Crippen molar-refractivity contribution < 1.29 is 13.2 Å². The van der Waals surface area contributed by atoms with E-state index in [9.17, 15) is 13.2 Å². The molecule has 0 radical (unpaired) electrons. The summed E-state index contributed by atoms with van der Waals surface area (Å²) in [6.45, 7) is 0.951. The van der Waals surface area contributed by atoms with E-state index in [1.165, 1.54) is 0 Å². The van der Waals surface area contributed by atoms with E-state index in [0.29, 0.717) is 0 Å². The second-order valence-electron chi connectivity index (χ2n) is 2.51. The van der Waals surface area contributed by atoms with E-state index in [1.807, 2.05) is 0 Å². The molecule has 1 rings (SSSR count). The lowest BCUT2D eigenvalue weighted by atomic mass is 9.93. The first kappa shape index (κ1) is 7.37. The van der Waals surface area contributed by atoms with Crippen LogP contribution in [0.4, 0.5) is 13.2 Å². The van der Waals surface area contributed by atoms with Gasteiger partial charge >= 0.3 is 6.18 Å². The molecular formula is C5H7F3N2. The summed E-state index contributed by atoms with van der Waals surface area (Å²) >= 11 is 0. The molecule has 0 aromatic carbocycles. The van der Waals surface area contributed by atoms with Crippen LogP contribution in [0.1, 0.15) is 6.92 Å². The van der Waals surface area contributed by atoms with E-state index in [-0.39, 0.29) is 6.54 Å². The molecule has 1 heterocycles. The van der Waals surface area contributed by atoms with Gasteiger partial charge in [0, 0.05) is 6.21 Å². The van der Waals surface area contributed by atoms with Gasteiger partial charge < -0.3 is 5.43 Å². The zero-order valence-electron chi connectivity index (χ0n) is 5.37. The summed E-state index contributed by atoms with van der Waals surface area (Å²) in [7, 11) is 0. The van der Waals surface area contributed by atoms with Gasteiger partial charge in [-0.05, 0) is 6.92 Å². The normalized spacial score (nSPS) is 32.4. The molecule has 58 valence electrons. The molecule has 0 aliphatic carbocycles. The van der Waals surface area contributed by atoms with Gasteiger partial charge in [-0.2, -0.15) is 18.3 Å². The molecule has 10 heavy (non-hydrogen) atoms. The minimum atomic E-state index is -4.19. The Morgan fingerprint density at radius 1 is 1.60 bits per heavy atom. The van der Waals surface area contributed by atoms with Gasteiger partial charge in [-0.15, -0.1) is 0 Å². The summed E-state index contributed by atoms with van der Waals surface area (Å²) in [5.41, 5.74) is 0.498. The highest BCUT2D eigenvalue weighted by atomic mass is 19.4. The van der Waals surface area contributed by atoms with Crippen LogP contribution in [0.2, 0.25) is 0 Å². The molecule has 1 unspecified atom stereocenters. The third kappa shape index (κ3) is 0.955. The van der Waals surface area contributed by atoms with Gasteiger partial charge in [-0.25, -0.2) is 0 Å². The van der Waals surface area contributed by atoms with Gasteiger partial charge in [0.05, 0.1) is 6.54 Å². The highest BCUT2D eigenvalue weighted by Crippen LogP contribution is 2.37. The number of nitrogens with one attached hydrogen (secondary N) is 1. The Kier molecular flexibility index (Phi) is 1.38. The van der Waals surface area contributed by atoms with E-state index >= 15 is 0 Å². The van der Waals surface area contributed by atoms with E-state index < -0.39 is 11.6 Å². The summed E-state index contributed by atoms with van der Waals surface area (Å²) in [5, 5.41) is 3.31. The Balaban J connectivity index is 2.78. The lowest BCUT2D eigenvalue weighted by Gasteiger charge is -2.22. The first-order chi connectivity index (χ1) is 4.46. The standard InChI is InChI=1S/C5H7F3N2/c1-4(5(6,7)8)2-9-10-3-4/h2,10H,3H2,1H3. The topological polar surface area (TPSA) is 24.4 Å². The third-order valence-corrected chi connectivity index (χ3v) is 1.53. The van der Waals surface area contributed by atoms with Gasteiger partial charge in [0.2, 0.25) is 0 Å². The highest BCUT2D eigenvalue weighted by Gasteiger charge is 2.51. The van der Waals surface area contributed by atoms with Crippen molar-refractivity contribution in [1.82, 2.24) is 5.43 Å². The van der Waals surface area contributed by atoms with Crippen molar-refractivity contribution in [2.24, 2.45) is 10.5 Å². The largest absolute Gasteiger partial charge is 0.400 e. The maximum absolute atomic E-state index is 12.0. The molecule has 1 aliphatic rings. The third-order valence-electron chi connectivity index (χ3n) is 1.53. The smallest absolute Gasteiger partial charge is 0.309 e. The molecule has 0 bridgehead atoms. The zero-order valence-corrected chi connectivity index (χ0v) is 5.37. The van der Waals surface area contributed by atoms with Crippen LogP contribution in [0.15, 0.2) is 5.10 Å². The monoisotopic (exact) mass is 152 g/mol. The minimum Gasteiger partial charge on any atom is -0.309 e. The van der Waals surface area contributed by atoms with Crippen LogP contribution in [0.3, 0.4) is 0 Å². The SMILES string of the molecule is CC1(C(F)(F)F)C=NNC1. The molecule has 1 N–H and O–H groups in total. The van der Waals surface area contributed by atoms with Crippen LogP contribution in [-0.2, 0) is 0 Å². The summed E-state index contributed by atoms with van der Waals surface area (Å²) in [4.78, 5) is 0. The van der Waals surface area contributed by atoms with Gasteiger partial charge in [-0.3, -0.25) is 0 Å². The van der Waals surface area contributed by atoms with Gasteiger partial charge in [-0.1, -0.05) is 0 Å². The van der Waals surface area contributed by atoms with Crippen LogP contribution < -0.4 is 5.43 Å². The van der Waals surface area contributed by atoms with Crippen LogP contribution in [0.5, 0.6) is 0 Å². The molecule has 2 nitrogen and oxygen atoms in total. The minimum absolute atomic E-state index is 0.156. The van der Waals surface area contributed by atoms with Gasteiger partial charge in [0.25, 0.3) is 0 Å². The van der Waals surface area contributed by atoms with Crippen molar-refractivity contribution in [3.63, 3.8) is 0 Å². The predicted molar refractivity (Wildman–Crippen MR) is 30.7 cm³/mol. The molecule has 5 heteroatoms. The first-order valence-corrected chi connectivity index (χ1v) is 2.79. The highest BCUT2D eigenvalue weighted by molar-refractivity contribution is 5.68. The van der Waals surface area contributed by atoms with Gasteiger partial charge in [0.1, 0.15) is 5.41 Å². The Morgan fingerprint density at radius 3 is 2.40 bits per heavy atom. The number of rotatable bonds is 0. The molecule has 0 aromatic rings. The van der Waals surface area contributed by atoms with Crippen molar-refractivity contribution in [2.45, 2.75) is 13.1 Å². The van der Waals surface area contributed by atoms with Crippen LogP contribution in [0.25, 0.3) is 0 Å². The maximum Gasteiger partial charge on any atom is 0.400 e. The first-order valence-electron chi connectivity index (χ1n) is 2.79. The summed E-state index contributed by atoms with van der Waals surface area (Å²) in [6, 6.07) is 0. The summed E-state index contributed by atoms with van der Waals surface area (Å²) in [5.74, 6) is 0. The zero-order chi connectivity index (χ0) is 7.83. The van der Waals surface area contributed by atoms with Crippen molar-refractivity contribution in [2.75, 3.05) is 6.54 Å². The Labute approximate surface area is 56.1 Å². The van der Waals surface area contributed by atoms with Gasteiger partial charge in [0.15, 0.2) is 0 Å². The average molecular weight is 152 g/mol.